The zero-order valence-electron chi connectivity index (χ0n) is 8.81. The van der Waals surface area contributed by atoms with Crippen LogP contribution in [0.25, 0.3) is 0 Å². The lowest BCUT2D eigenvalue weighted by Crippen LogP contribution is -2.25. The summed E-state index contributed by atoms with van der Waals surface area (Å²) in [7, 11) is 2.19. The molecule has 2 atom stereocenters. The van der Waals surface area contributed by atoms with Gasteiger partial charge in [0.2, 0.25) is 0 Å². The molecule has 1 N–H and O–H groups in total. The number of phenolic OH excluding ortho intramolecular Hbond substituents is 1. The molecule has 0 aromatic heterocycles. The third-order valence-electron chi connectivity index (χ3n) is 3.56. The van der Waals surface area contributed by atoms with Crippen LogP contribution in [0.3, 0.4) is 0 Å². The van der Waals surface area contributed by atoms with E-state index in [1.807, 2.05) is 17.8 Å². The first-order valence-corrected chi connectivity index (χ1v) is 6.41. The Kier molecular flexibility index (Phi) is 2.18. The molecule has 0 bridgehead atoms. The van der Waals surface area contributed by atoms with E-state index in [2.05, 4.69) is 18.0 Å². The largest absolute Gasteiger partial charge is 0.507 e. The Morgan fingerprint density at radius 2 is 2.33 bits per heavy atom. The van der Waals surface area contributed by atoms with Gasteiger partial charge in [-0.3, -0.25) is 4.90 Å². The molecule has 15 heavy (non-hydrogen) atoms. The zero-order chi connectivity index (χ0) is 10.4. The topological polar surface area (TPSA) is 23.5 Å². The van der Waals surface area contributed by atoms with E-state index in [-0.39, 0.29) is 0 Å². The first kappa shape index (κ1) is 9.55. The number of nitrogens with zero attached hydrogens (tertiary/aromatic N) is 1. The summed E-state index contributed by atoms with van der Waals surface area (Å²) < 4.78 is 0. The maximum Gasteiger partial charge on any atom is 0.129 e. The van der Waals surface area contributed by atoms with Crippen LogP contribution >= 0.6 is 11.8 Å². The monoisotopic (exact) mass is 221 g/mol. The first-order valence-electron chi connectivity index (χ1n) is 5.42. The molecule has 80 valence electrons. The number of phenols is 1. The Morgan fingerprint density at radius 3 is 3.20 bits per heavy atom. The summed E-state index contributed by atoms with van der Waals surface area (Å²) in [6.07, 6.45) is 1.29. The highest BCUT2D eigenvalue weighted by Crippen LogP contribution is 2.49. The predicted octanol–water partition coefficient (Wildman–Crippen LogP) is 2.49. The van der Waals surface area contributed by atoms with Gasteiger partial charge in [0.05, 0.1) is 4.90 Å². The quantitative estimate of drug-likeness (QED) is 0.728. The van der Waals surface area contributed by atoms with Crippen molar-refractivity contribution in [2.45, 2.75) is 17.4 Å². The van der Waals surface area contributed by atoms with Crippen molar-refractivity contribution < 1.29 is 5.11 Å². The highest BCUT2D eigenvalue weighted by Gasteiger charge is 2.38. The lowest BCUT2D eigenvalue weighted by molar-refractivity contribution is 0.279. The second kappa shape index (κ2) is 3.42. The molecule has 0 spiro atoms. The van der Waals surface area contributed by atoms with Crippen molar-refractivity contribution in [3.63, 3.8) is 0 Å². The number of rotatable bonds is 0. The lowest BCUT2D eigenvalue weighted by Gasteiger charge is -2.31. The highest BCUT2D eigenvalue weighted by molar-refractivity contribution is 7.99. The van der Waals surface area contributed by atoms with Gasteiger partial charge in [-0.2, -0.15) is 0 Å². The summed E-state index contributed by atoms with van der Waals surface area (Å²) in [6, 6.07) is 6.46. The molecule has 1 fully saturated rings. The predicted molar refractivity (Wildman–Crippen MR) is 62.3 cm³/mol. The molecule has 1 aromatic carbocycles. The molecular formula is C12H15NOS. The van der Waals surface area contributed by atoms with Crippen LogP contribution in [0.15, 0.2) is 23.1 Å². The maximum atomic E-state index is 9.82. The van der Waals surface area contributed by atoms with E-state index in [0.717, 1.165) is 16.6 Å². The number of benzene rings is 1. The van der Waals surface area contributed by atoms with Crippen molar-refractivity contribution >= 4 is 11.8 Å². The smallest absolute Gasteiger partial charge is 0.129 e. The molecule has 0 unspecified atom stereocenters. The average Bonchev–Trinajstić information content (AvgIpc) is 2.61. The van der Waals surface area contributed by atoms with E-state index in [0.29, 0.717) is 11.8 Å². The number of aromatic hydroxyl groups is 1. The van der Waals surface area contributed by atoms with Crippen LogP contribution in [0, 0.1) is 5.92 Å². The number of hydrogen-bond acceptors (Lipinski definition) is 3. The van der Waals surface area contributed by atoms with Crippen LogP contribution in [0.5, 0.6) is 5.75 Å². The van der Waals surface area contributed by atoms with Crippen LogP contribution in [0.1, 0.15) is 18.0 Å². The summed E-state index contributed by atoms with van der Waals surface area (Å²) in [5.74, 6) is 2.38. The summed E-state index contributed by atoms with van der Waals surface area (Å²) >= 11 is 1.82. The van der Waals surface area contributed by atoms with Crippen molar-refractivity contribution in [3.8, 4) is 5.75 Å². The van der Waals surface area contributed by atoms with Crippen LogP contribution in [0.2, 0.25) is 0 Å². The van der Waals surface area contributed by atoms with E-state index < -0.39 is 0 Å². The molecule has 2 aliphatic rings. The Balaban J connectivity index is 2.10. The summed E-state index contributed by atoms with van der Waals surface area (Å²) in [5, 5.41) is 9.82. The van der Waals surface area contributed by atoms with Gasteiger partial charge in [0.15, 0.2) is 0 Å². The molecule has 0 aliphatic carbocycles. The van der Waals surface area contributed by atoms with E-state index in [4.69, 9.17) is 0 Å². The molecule has 0 radical (unpaired) electrons. The van der Waals surface area contributed by atoms with E-state index in [9.17, 15) is 5.11 Å². The molecule has 2 heterocycles. The minimum absolute atomic E-state index is 0.455. The summed E-state index contributed by atoms with van der Waals surface area (Å²) in [5.41, 5.74) is 1.33. The fourth-order valence-corrected chi connectivity index (χ4v) is 4.12. The van der Waals surface area contributed by atoms with Gasteiger partial charge in [-0.15, -0.1) is 11.8 Å². The van der Waals surface area contributed by atoms with Crippen LogP contribution < -0.4 is 0 Å². The summed E-state index contributed by atoms with van der Waals surface area (Å²) in [6.45, 7) is 1.19. The zero-order valence-corrected chi connectivity index (χ0v) is 9.63. The lowest BCUT2D eigenvalue weighted by atomic mass is 9.94. The van der Waals surface area contributed by atoms with Gasteiger partial charge in [-0.05, 0) is 37.6 Å². The molecule has 3 heteroatoms. The van der Waals surface area contributed by atoms with Gasteiger partial charge in [0, 0.05) is 11.8 Å². The van der Waals surface area contributed by atoms with Gasteiger partial charge < -0.3 is 5.11 Å². The third kappa shape index (κ3) is 1.37. The Hall–Kier alpha value is -0.670. The maximum absolute atomic E-state index is 9.82. The third-order valence-corrected chi connectivity index (χ3v) is 4.89. The molecule has 3 rings (SSSR count). The number of thioether (sulfide) groups is 1. The van der Waals surface area contributed by atoms with Gasteiger partial charge in [0.1, 0.15) is 5.75 Å². The van der Waals surface area contributed by atoms with Crippen LogP contribution in [-0.2, 0) is 0 Å². The molecule has 2 aliphatic heterocycles. The van der Waals surface area contributed by atoms with E-state index in [1.54, 1.807) is 6.07 Å². The van der Waals surface area contributed by atoms with Gasteiger partial charge in [-0.25, -0.2) is 0 Å². The molecule has 2 nitrogen and oxygen atoms in total. The minimum Gasteiger partial charge on any atom is -0.507 e. The fourth-order valence-electron chi connectivity index (χ4n) is 2.81. The normalized spacial score (nSPS) is 29.9. The number of fused-ring (bicyclic) bond motifs is 3. The van der Waals surface area contributed by atoms with Crippen molar-refractivity contribution in [1.29, 1.82) is 0 Å². The van der Waals surface area contributed by atoms with Crippen LogP contribution in [-0.4, -0.2) is 29.4 Å². The van der Waals surface area contributed by atoms with Crippen molar-refractivity contribution in [3.05, 3.63) is 23.8 Å². The van der Waals surface area contributed by atoms with Crippen molar-refractivity contribution in [2.24, 2.45) is 5.92 Å². The Bertz CT molecular complexity index is 393. The standard InChI is InChI=1S/C12H15NOS/c1-13-6-5-8-7-15-12-9(11(8)13)3-2-4-10(12)14/h2-4,8,11,14H,5-7H2,1H3/t8-,11-/m0/s1. The van der Waals surface area contributed by atoms with Gasteiger partial charge in [0.25, 0.3) is 0 Å². The number of hydrogen-bond donors (Lipinski definition) is 1. The van der Waals surface area contributed by atoms with Crippen molar-refractivity contribution in [2.75, 3.05) is 19.3 Å². The fraction of sp³-hybridized carbons (Fsp3) is 0.500. The second-order valence-corrected chi connectivity index (χ2v) is 5.51. The first-order chi connectivity index (χ1) is 7.27. The minimum atomic E-state index is 0.455. The molecule has 0 saturated carbocycles. The van der Waals surface area contributed by atoms with E-state index >= 15 is 0 Å². The van der Waals surface area contributed by atoms with E-state index in [1.165, 1.54) is 18.5 Å². The summed E-state index contributed by atoms with van der Waals surface area (Å²) in [4.78, 5) is 3.52. The molecule has 1 saturated heterocycles. The Labute approximate surface area is 94.3 Å². The number of likely N-dealkylation sites (tertiary alicyclic amines) is 1. The average molecular weight is 221 g/mol. The van der Waals surface area contributed by atoms with Crippen molar-refractivity contribution in [1.82, 2.24) is 4.90 Å². The van der Waals surface area contributed by atoms with Gasteiger partial charge in [-0.1, -0.05) is 12.1 Å². The Morgan fingerprint density at radius 1 is 1.47 bits per heavy atom. The molecule has 1 aromatic rings. The van der Waals surface area contributed by atoms with Gasteiger partial charge >= 0.3 is 0 Å². The SMILES string of the molecule is CN1CC[C@H]2CSc3c(O)cccc3[C@H]21. The second-order valence-electron chi connectivity index (χ2n) is 4.48. The molecule has 0 amide bonds. The molecular weight excluding hydrogens is 206 g/mol. The van der Waals surface area contributed by atoms with Crippen LogP contribution in [0.4, 0.5) is 0 Å². The highest BCUT2D eigenvalue weighted by atomic mass is 32.2.